The largest absolute Gasteiger partial charge is 0.473 e. The standard InChI is InChI=1S/C18H22FN3O2.CH3F/c1-4-21-12(2)8-9-22-17(21)10-16(20-18(22)23)24-11-14-6-5-7-15(19)13(14)3;1-2/h5-7,10,12H,4,8-9,11H2,1-3H3;1H3/t12-;/m0./s1. The highest BCUT2D eigenvalue weighted by Crippen LogP contribution is 2.26. The molecule has 26 heavy (non-hydrogen) atoms. The minimum atomic E-state index is -0.302. The zero-order chi connectivity index (χ0) is 19.3. The van der Waals surface area contributed by atoms with Gasteiger partial charge in [0.05, 0.1) is 7.18 Å². The van der Waals surface area contributed by atoms with Crippen molar-refractivity contribution in [3.05, 3.63) is 51.7 Å². The Hall–Kier alpha value is -2.44. The minimum absolute atomic E-state index is 0.182. The maximum Gasteiger partial charge on any atom is 0.352 e. The fourth-order valence-corrected chi connectivity index (χ4v) is 3.13. The zero-order valence-corrected chi connectivity index (χ0v) is 15.6. The average Bonchev–Trinajstić information content (AvgIpc) is 2.64. The number of fused-ring (bicyclic) bond motifs is 1. The number of rotatable bonds is 4. The predicted octanol–water partition coefficient (Wildman–Crippen LogP) is 3.47. The molecule has 0 fully saturated rings. The van der Waals surface area contributed by atoms with Gasteiger partial charge in [-0.1, -0.05) is 12.1 Å². The molecule has 0 unspecified atom stereocenters. The second-order valence-corrected chi connectivity index (χ2v) is 6.12. The molecule has 0 amide bonds. The van der Waals surface area contributed by atoms with Gasteiger partial charge in [0.25, 0.3) is 0 Å². The van der Waals surface area contributed by atoms with Crippen LogP contribution in [0.3, 0.4) is 0 Å². The molecule has 1 aliphatic heterocycles. The number of hydrogen-bond acceptors (Lipinski definition) is 4. The van der Waals surface area contributed by atoms with Crippen LogP contribution in [0.4, 0.5) is 14.6 Å². The van der Waals surface area contributed by atoms with Crippen LogP contribution >= 0.6 is 0 Å². The van der Waals surface area contributed by atoms with Crippen molar-refractivity contribution in [1.29, 1.82) is 0 Å². The first-order chi connectivity index (χ1) is 12.5. The van der Waals surface area contributed by atoms with Crippen molar-refractivity contribution in [2.24, 2.45) is 0 Å². The normalized spacial score (nSPS) is 15.8. The van der Waals surface area contributed by atoms with Gasteiger partial charge in [-0.25, -0.2) is 9.18 Å². The third kappa shape index (κ3) is 4.03. The van der Waals surface area contributed by atoms with Gasteiger partial charge in [0.1, 0.15) is 18.2 Å². The van der Waals surface area contributed by atoms with Crippen LogP contribution in [0.5, 0.6) is 5.88 Å². The molecule has 0 N–H and O–H groups in total. The van der Waals surface area contributed by atoms with Gasteiger partial charge in [-0.05, 0) is 44.4 Å². The second kappa shape index (κ2) is 8.78. The van der Waals surface area contributed by atoms with E-state index in [9.17, 15) is 13.6 Å². The molecule has 0 saturated heterocycles. The van der Waals surface area contributed by atoms with Crippen molar-refractivity contribution in [3.63, 3.8) is 0 Å². The molecular formula is C19H25F2N3O2. The molecule has 0 radical (unpaired) electrons. The van der Waals surface area contributed by atoms with Gasteiger partial charge in [0.2, 0.25) is 5.88 Å². The van der Waals surface area contributed by atoms with E-state index in [-0.39, 0.29) is 24.0 Å². The first-order valence-corrected chi connectivity index (χ1v) is 8.64. The Morgan fingerprint density at radius 3 is 2.77 bits per heavy atom. The highest BCUT2D eigenvalue weighted by molar-refractivity contribution is 5.44. The highest BCUT2D eigenvalue weighted by Gasteiger charge is 2.24. The van der Waals surface area contributed by atoms with Crippen molar-refractivity contribution in [2.45, 2.75) is 46.4 Å². The van der Waals surface area contributed by atoms with Crippen LogP contribution in [0.2, 0.25) is 0 Å². The van der Waals surface area contributed by atoms with Crippen molar-refractivity contribution in [1.82, 2.24) is 9.55 Å². The summed E-state index contributed by atoms with van der Waals surface area (Å²) in [4.78, 5) is 18.5. The number of alkyl halides is 1. The quantitative estimate of drug-likeness (QED) is 0.832. The summed E-state index contributed by atoms with van der Waals surface area (Å²) in [6.45, 7) is 7.59. The van der Waals surface area contributed by atoms with Crippen molar-refractivity contribution < 1.29 is 13.5 Å². The van der Waals surface area contributed by atoms with Crippen molar-refractivity contribution in [2.75, 3.05) is 18.6 Å². The summed E-state index contributed by atoms with van der Waals surface area (Å²) in [5, 5.41) is 0. The molecule has 142 valence electrons. The van der Waals surface area contributed by atoms with Gasteiger partial charge in [-0.15, -0.1) is 0 Å². The van der Waals surface area contributed by atoms with Gasteiger partial charge in [0.15, 0.2) is 0 Å². The van der Waals surface area contributed by atoms with Gasteiger partial charge in [0, 0.05) is 25.2 Å². The molecule has 1 aromatic carbocycles. The van der Waals surface area contributed by atoms with E-state index < -0.39 is 0 Å². The maximum absolute atomic E-state index is 13.6. The van der Waals surface area contributed by atoms with Crippen LogP contribution < -0.4 is 15.3 Å². The molecular weight excluding hydrogens is 340 g/mol. The van der Waals surface area contributed by atoms with Gasteiger partial charge in [-0.2, -0.15) is 4.98 Å². The number of halogens is 2. The first kappa shape index (κ1) is 19.9. The van der Waals surface area contributed by atoms with Gasteiger partial charge in [-0.3, -0.25) is 8.96 Å². The van der Waals surface area contributed by atoms with Crippen LogP contribution in [-0.4, -0.2) is 29.3 Å². The van der Waals surface area contributed by atoms with Crippen LogP contribution in [-0.2, 0) is 13.2 Å². The fraction of sp³-hybridized carbons (Fsp3) is 0.474. The lowest BCUT2D eigenvalue weighted by molar-refractivity contribution is 0.288. The third-order valence-electron chi connectivity index (χ3n) is 4.66. The lowest BCUT2D eigenvalue weighted by Crippen LogP contribution is -2.43. The Kier molecular flexibility index (Phi) is 6.71. The number of benzene rings is 1. The Morgan fingerprint density at radius 1 is 1.35 bits per heavy atom. The van der Waals surface area contributed by atoms with Gasteiger partial charge >= 0.3 is 5.69 Å². The van der Waals surface area contributed by atoms with E-state index in [0.29, 0.717) is 25.3 Å². The molecule has 5 nitrogen and oxygen atoms in total. The molecule has 1 aliphatic rings. The Bertz CT molecular complexity index is 808. The summed E-state index contributed by atoms with van der Waals surface area (Å²) in [6, 6.07) is 7.05. The molecule has 0 saturated carbocycles. The fourth-order valence-electron chi connectivity index (χ4n) is 3.13. The highest BCUT2D eigenvalue weighted by atomic mass is 19.1. The predicted molar refractivity (Wildman–Crippen MR) is 98.1 cm³/mol. The number of anilines is 1. The topological polar surface area (TPSA) is 47.4 Å². The summed E-state index contributed by atoms with van der Waals surface area (Å²) in [5.74, 6) is 0.852. The number of aromatic nitrogens is 2. The van der Waals surface area contributed by atoms with Crippen LogP contribution in [0.15, 0.2) is 29.1 Å². The Balaban J connectivity index is 0.00000117. The van der Waals surface area contributed by atoms with Crippen LogP contribution in [0.1, 0.15) is 31.4 Å². The first-order valence-electron chi connectivity index (χ1n) is 8.64. The Morgan fingerprint density at radius 2 is 2.08 bits per heavy atom. The van der Waals surface area contributed by atoms with E-state index in [1.807, 2.05) is 6.07 Å². The monoisotopic (exact) mass is 365 g/mol. The van der Waals surface area contributed by atoms with Crippen LogP contribution in [0.25, 0.3) is 0 Å². The minimum Gasteiger partial charge on any atom is -0.473 e. The molecule has 2 heterocycles. The van der Waals surface area contributed by atoms with Gasteiger partial charge < -0.3 is 9.64 Å². The van der Waals surface area contributed by atoms with E-state index in [4.69, 9.17) is 4.74 Å². The molecule has 0 bridgehead atoms. The average molecular weight is 365 g/mol. The molecule has 0 spiro atoms. The molecule has 3 rings (SSSR count). The van der Waals surface area contributed by atoms with Crippen molar-refractivity contribution in [3.8, 4) is 5.88 Å². The van der Waals surface area contributed by atoms with E-state index in [2.05, 4.69) is 23.7 Å². The van der Waals surface area contributed by atoms with Crippen molar-refractivity contribution >= 4 is 5.82 Å². The SMILES string of the molecule is CCN1c2cc(OCc3cccc(F)c3C)nc(=O)n2CC[C@@H]1C.CF. The molecule has 0 aliphatic carbocycles. The summed E-state index contributed by atoms with van der Waals surface area (Å²) >= 11 is 0. The summed E-state index contributed by atoms with van der Waals surface area (Å²) in [5.41, 5.74) is 0.996. The van der Waals surface area contributed by atoms with E-state index in [1.165, 1.54) is 6.07 Å². The number of ether oxygens (including phenoxy) is 1. The molecule has 1 aromatic heterocycles. The van der Waals surface area contributed by atoms with Crippen LogP contribution in [0, 0.1) is 12.7 Å². The Labute approximate surface area is 152 Å². The van der Waals surface area contributed by atoms with E-state index in [0.717, 1.165) is 24.3 Å². The lowest BCUT2D eigenvalue weighted by Gasteiger charge is -2.36. The number of hydrogen-bond donors (Lipinski definition) is 0. The molecule has 1 atom stereocenters. The zero-order valence-electron chi connectivity index (χ0n) is 15.6. The second-order valence-electron chi connectivity index (χ2n) is 6.12. The maximum atomic E-state index is 13.6. The van der Waals surface area contributed by atoms with E-state index in [1.54, 1.807) is 23.6 Å². The smallest absolute Gasteiger partial charge is 0.352 e. The van der Waals surface area contributed by atoms with E-state index >= 15 is 0 Å². The molecule has 7 heteroatoms. The number of nitrogens with zero attached hydrogens (tertiary/aromatic N) is 3. The summed E-state index contributed by atoms with van der Waals surface area (Å²) in [6.07, 6.45) is 0.922. The summed E-state index contributed by atoms with van der Waals surface area (Å²) in [7, 11) is 0.500. The summed E-state index contributed by atoms with van der Waals surface area (Å²) < 4.78 is 30.5. The lowest BCUT2D eigenvalue weighted by atomic mass is 10.1. The third-order valence-corrected chi connectivity index (χ3v) is 4.66. The molecule has 2 aromatic rings.